The molecule has 0 amide bonds. The molecule has 10 heavy (non-hydrogen) atoms. The van der Waals surface area contributed by atoms with Gasteiger partial charge in [-0.2, -0.15) is 0 Å². The lowest BCUT2D eigenvalue weighted by Crippen LogP contribution is -1.82. The fourth-order valence-corrected chi connectivity index (χ4v) is 1.23. The van der Waals surface area contributed by atoms with E-state index in [2.05, 4.69) is 5.92 Å². The van der Waals surface area contributed by atoms with Gasteiger partial charge in [0, 0.05) is 6.42 Å². The fraction of sp³-hybridized carbons (Fsp3) is 0.625. The molecular formula is C8H12OS. The van der Waals surface area contributed by atoms with Crippen LogP contribution in [0.25, 0.3) is 0 Å². The standard InChI is InChI=1S/C8H12OS/c1-2-7-10-8-5-3-4-6-9/h1,6H,3-5,7-8H2. The molecule has 0 saturated carbocycles. The highest BCUT2D eigenvalue weighted by Crippen LogP contribution is 2.03. The van der Waals surface area contributed by atoms with Gasteiger partial charge in [0.1, 0.15) is 6.29 Å². The van der Waals surface area contributed by atoms with E-state index < -0.39 is 0 Å². The second-order valence-electron chi connectivity index (χ2n) is 1.92. The minimum Gasteiger partial charge on any atom is -0.303 e. The van der Waals surface area contributed by atoms with E-state index in [1.165, 1.54) is 0 Å². The first-order chi connectivity index (χ1) is 4.91. The van der Waals surface area contributed by atoms with Crippen LogP contribution in [0.1, 0.15) is 19.3 Å². The van der Waals surface area contributed by atoms with Gasteiger partial charge in [0.2, 0.25) is 0 Å². The molecule has 0 atom stereocenters. The second kappa shape index (κ2) is 8.58. The summed E-state index contributed by atoms with van der Waals surface area (Å²) < 4.78 is 0. The van der Waals surface area contributed by atoms with Crippen molar-refractivity contribution in [3.05, 3.63) is 0 Å². The van der Waals surface area contributed by atoms with Gasteiger partial charge in [-0.1, -0.05) is 5.92 Å². The van der Waals surface area contributed by atoms with Gasteiger partial charge < -0.3 is 4.79 Å². The van der Waals surface area contributed by atoms with E-state index in [9.17, 15) is 4.79 Å². The molecule has 0 aliphatic carbocycles. The quantitative estimate of drug-likeness (QED) is 0.331. The van der Waals surface area contributed by atoms with Gasteiger partial charge in [0.05, 0.1) is 5.75 Å². The first-order valence-corrected chi connectivity index (χ1v) is 4.52. The van der Waals surface area contributed by atoms with E-state index in [1.807, 2.05) is 0 Å². The van der Waals surface area contributed by atoms with Crippen LogP contribution in [0, 0.1) is 12.3 Å². The minimum atomic E-state index is 0.691. The molecular weight excluding hydrogens is 144 g/mol. The molecule has 0 radical (unpaired) electrons. The zero-order valence-corrected chi connectivity index (χ0v) is 6.82. The molecule has 1 nitrogen and oxygen atoms in total. The molecule has 0 spiro atoms. The summed E-state index contributed by atoms with van der Waals surface area (Å²) in [6, 6.07) is 0. The Labute approximate surface area is 66.6 Å². The van der Waals surface area contributed by atoms with Crippen LogP contribution in [0.4, 0.5) is 0 Å². The second-order valence-corrected chi connectivity index (χ2v) is 3.02. The number of unbranched alkanes of at least 4 members (excludes halogenated alkanes) is 2. The van der Waals surface area contributed by atoms with Gasteiger partial charge in [-0.05, 0) is 18.6 Å². The predicted molar refractivity (Wildman–Crippen MR) is 46.1 cm³/mol. The van der Waals surface area contributed by atoms with Crippen LogP contribution >= 0.6 is 11.8 Å². The Bertz CT molecular complexity index is 115. The molecule has 0 bridgehead atoms. The van der Waals surface area contributed by atoms with Crippen molar-refractivity contribution >= 4 is 18.0 Å². The Balaban J connectivity index is 2.78. The van der Waals surface area contributed by atoms with Crippen LogP contribution in [0.15, 0.2) is 0 Å². The normalized spacial score (nSPS) is 8.70. The monoisotopic (exact) mass is 156 g/mol. The number of thioether (sulfide) groups is 1. The summed E-state index contributed by atoms with van der Waals surface area (Å²) in [4.78, 5) is 9.85. The summed E-state index contributed by atoms with van der Waals surface area (Å²) in [6.45, 7) is 0. The molecule has 0 aromatic heterocycles. The molecule has 0 saturated heterocycles. The Morgan fingerprint density at radius 2 is 2.30 bits per heavy atom. The minimum absolute atomic E-state index is 0.691. The van der Waals surface area contributed by atoms with Gasteiger partial charge in [0.15, 0.2) is 0 Å². The van der Waals surface area contributed by atoms with Crippen molar-refractivity contribution in [3.8, 4) is 12.3 Å². The van der Waals surface area contributed by atoms with E-state index >= 15 is 0 Å². The van der Waals surface area contributed by atoms with Crippen LogP contribution in [0.3, 0.4) is 0 Å². The summed E-state index contributed by atoms with van der Waals surface area (Å²) in [5.74, 6) is 4.43. The fourth-order valence-electron chi connectivity index (χ4n) is 0.563. The van der Waals surface area contributed by atoms with Gasteiger partial charge in [-0.25, -0.2) is 0 Å². The zero-order chi connectivity index (χ0) is 7.66. The first kappa shape index (κ1) is 9.58. The lowest BCUT2D eigenvalue weighted by molar-refractivity contribution is -0.107. The maximum absolute atomic E-state index is 9.85. The highest BCUT2D eigenvalue weighted by molar-refractivity contribution is 7.99. The van der Waals surface area contributed by atoms with Gasteiger partial charge in [-0.3, -0.25) is 0 Å². The smallest absolute Gasteiger partial charge is 0.119 e. The molecule has 0 aliphatic heterocycles. The number of hydrogen-bond donors (Lipinski definition) is 0. The average Bonchev–Trinajstić information content (AvgIpc) is 1.97. The van der Waals surface area contributed by atoms with Gasteiger partial charge >= 0.3 is 0 Å². The molecule has 0 rings (SSSR count). The molecule has 0 aromatic rings. The Hall–Kier alpha value is -0.420. The molecule has 0 N–H and O–H groups in total. The van der Waals surface area contributed by atoms with Crippen molar-refractivity contribution in [3.63, 3.8) is 0 Å². The van der Waals surface area contributed by atoms with E-state index in [0.717, 1.165) is 30.6 Å². The van der Waals surface area contributed by atoms with Crippen molar-refractivity contribution in [1.82, 2.24) is 0 Å². The van der Waals surface area contributed by atoms with Crippen LogP contribution in [-0.4, -0.2) is 17.8 Å². The average molecular weight is 156 g/mol. The molecule has 0 unspecified atom stereocenters. The van der Waals surface area contributed by atoms with E-state index in [1.54, 1.807) is 11.8 Å². The third-order valence-electron chi connectivity index (χ3n) is 1.05. The Morgan fingerprint density at radius 3 is 2.90 bits per heavy atom. The lowest BCUT2D eigenvalue weighted by atomic mass is 10.3. The highest BCUT2D eigenvalue weighted by Gasteiger charge is 1.86. The van der Waals surface area contributed by atoms with E-state index in [4.69, 9.17) is 6.42 Å². The maximum atomic E-state index is 9.85. The van der Waals surface area contributed by atoms with Crippen LogP contribution in [0.2, 0.25) is 0 Å². The molecule has 2 heteroatoms. The Morgan fingerprint density at radius 1 is 1.50 bits per heavy atom. The van der Waals surface area contributed by atoms with Crippen LogP contribution < -0.4 is 0 Å². The van der Waals surface area contributed by atoms with Crippen LogP contribution in [0.5, 0.6) is 0 Å². The zero-order valence-electron chi connectivity index (χ0n) is 6.01. The van der Waals surface area contributed by atoms with Crippen molar-refractivity contribution in [1.29, 1.82) is 0 Å². The third-order valence-corrected chi connectivity index (χ3v) is 1.99. The predicted octanol–water partition coefficient (Wildman–Crippen LogP) is 1.72. The summed E-state index contributed by atoms with van der Waals surface area (Å²) in [7, 11) is 0. The summed E-state index contributed by atoms with van der Waals surface area (Å²) in [6.07, 6.45) is 8.80. The third kappa shape index (κ3) is 7.58. The SMILES string of the molecule is C#CCSCCCCC=O. The molecule has 0 aromatic carbocycles. The number of hydrogen-bond acceptors (Lipinski definition) is 2. The van der Waals surface area contributed by atoms with Gasteiger partial charge in [0.25, 0.3) is 0 Å². The van der Waals surface area contributed by atoms with E-state index in [-0.39, 0.29) is 0 Å². The van der Waals surface area contributed by atoms with Crippen LogP contribution in [-0.2, 0) is 4.79 Å². The summed E-state index contributed by atoms with van der Waals surface area (Å²) >= 11 is 1.75. The molecule has 0 fully saturated rings. The van der Waals surface area contributed by atoms with Crippen molar-refractivity contribution in [2.75, 3.05) is 11.5 Å². The highest BCUT2D eigenvalue weighted by atomic mass is 32.2. The summed E-state index contributed by atoms with van der Waals surface area (Å²) in [5, 5.41) is 0. The number of terminal acetylenes is 1. The first-order valence-electron chi connectivity index (χ1n) is 3.36. The van der Waals surface area contributed by atoms with Crippen molar-refractivity contribution in [2.24, 2.45) is 0 Å². The molecule has 56 valence electrons. The number of aldehydes is 1. The maximum Gasteiger partial charge on any atom is 0.119 e. The topological polar surface area (TPSA) is 17.1 Å². The molecule has 0 aliphatic rings. The summed E-state index contributed by atoms with van der Waals surface area (Å²) in [5.41, 5.74) is 0. The van der Waals surface area contributed by atoms with E-state index in [0.29, 0.717) is 6.42 Å². The van der Waals surface area contributed by atoms with Crippen molar-refractivity contribution in [2.45, 2.75) is 19.3 Å². The van der Waals surface area contributed by atoms with Gasteiger partial charge in [-0.15, -0.1) is 18.2 Å². The largest absolute Gasteiger partial charge is 0.303 e. The lowest BCUT2D eigenvalue weighted by Gasteiger charge is -1.93. The number of carbonyl (C=O) groups is 1. The number of rotatable bonds is 6. The molecule has 0 heterocycles. The number of carbonyl (C=O) groups excluding carboxylic acids is 1. The van der Waals surface area contributed by atoms with Crippen molar-refractivity contribution < 1.29 is 4.79 Å². The Kier molecular flexibility index (Phi) is 8.22.